The second kappa shape index (κ2) is 6.78. The maximum absolute atomic E-state index is 12.4. The van der Waals surface area contributed by atoms with Crippen molar-refractivity contribution in [1.82, 2.24) is 10.3 Å². The molecule has 0 aliphatic heterocycles. The van der Waals surface area contributed by atoms with E-state index in [1.54, 1.807) is 0 Å². The number of thiazole rings is 1. The Morgan fingerprint density at radius 1 is 1.22 bits per heavy atom. The van der Waals surface area contributed by atoms with Crippen LogP contribution >= 0.6 is 11.3 Å². The second-order valence-corrected chi connectivity index (χ2v) is 5.45. The van der Waals surface area contributed by atoms with Crippen molar-refractivity contribution in [3.05, 3.63) is 46.5 Å². The Morgan fingerprint density at radius 2 is 1.87 bits per heavy atom. The van der Waals surface area contributed by atoms with E-state index >= 15 is 0 Å². The van der Waals surface area contributed by atoms with Crippen molar-refractivity contribution in [1.29, 1.82) is 0 Å². The molecule has 0 spiro atoms. The molecule has 0 saturated heterocycles. The number of carbonyl (C=O) groups excluding carboxylic acids is 2. The predicted molar refractivity (Wildman–Crippen MR) is 79.0 cm³/mol. The third-order valence-corrected chi connectivity index (χ3v) is 3.51. The van der Waals surface area contributed by atoms with Crippen LogP contribution in [0.15, 0.2) is 29.6 Å². The molecule has 9 heteroatoms. The van der Waals surface area contributed by atoms with Crippen molar-refractivity contribution in [2.24, 2.45) is 0 Å². The van der Waals surface area contributed by atoms with Gasteiger partial charge in [-0.15, -0.1) is 11.3 Å². The van der Waals surface area contributed by atoms with E-state index in [2.05, 4.69) is 15.6 Å². The first kappa shape index (κ1) is 16.9. The number of hydrogen-bond acceptors (Lipinski definition) is 4. The maximum Gasteiger partial charge on any atom is 0.416 e. The minimum Gasteiger partial charge on any atom is -0.347 e. The van der Waals surface area contributed by atoms with Crippen LogP contribution < -0.4 is 10.6 Å². The van der Waals surface area contributed by atoms with Crippen molar-refractivity contribution in [3.8, 4) is 0 Å². The van der Waals surface area contributed by atoms with E-state index in [9.17, 15) is 22.8 Å². The Kier molecular flexibility index (Phi) is 4.99. The van der Waals surface area contributed by atoms with Crippen LogP contribution in [0.3, 0.4) is 0 Å². The van der Waals surface area contributed by atoms with Crippen LogP contribution in [-0.4, -0.2) is 16.8 Å². The molecule has 2 aromatic rings. The molecule has 0 atom stereocenters. The van der Waals surface area contributed by atoms with Crippen LogP contribution in [0.2, 0.25) is 0 Å². The average molecular weight is 343 g/mol. The number of nitrogens with zero attached hydrogens (tertiary/aromatic N) is 1. The number of carbonyl (C=O) groups is 2. The number of hydrogen-bond donors (Lipinski definition) is 2. The van der Waals surface area contributed by atoms with E-state index in [0.717, 1.165) is 23.5 Å². The smallest absolute Gasteiger partial charge is 0.347 e. The summed E-state index contributed by atoms with van der Waals surface area (Å²) in [5.41, 5.74) is -0.0821. The van der Waals surface area contributed by atoms with Gasteiger partial charge in [0.25, 0.3) is 5.91 Å². The summed E-state index contributed by atoms with van der Waals surface area (Å²) in [6.45, 7) is 1.40. The van der Waals surface area contributed by atoms with Crippen molar-refractivity contribution < 1.29 is 22.8 Å². The molecule has 2 amide bonds. The van der Waals surface area contributed by atoms with Gasteiger partial charge in [0.2, 0.25) is 5.91 Å². The van der Waals surface area contributed by atoms with Gasteiger partial charge in [-0.2, -0.15) is 13.2 Å². The zero-order valence-electron chi connectivity index (χ0n) is 11.9. The van der Waals surface area contributed by atoms with Gasteiger partial charge in [0, 0.05) is 18.8 Å². The zero-order chi connectivity index (χ0) is 17.0. The summed E-state index contributed by atoms with van der Waals surface area (Å²) in [5, 5.41) is 6.79. The highest BCUT2D eigenvalue weighted by Gasteiger charge is 2.29. The fourth-order valence-electron chi connectivity index (χ4n) is 1.67. The monoisotopic (exact) mass is 343 g/mol. The third-order valence-electron chi connectivity index (χ3n) is 2.75. The van der Waals surface area contributed by atoms with Crippen LogP contribution in [-0.2, 0) is 17.5 Å². The van der Waals surface area contributed by atoms with Gasteiger partial charge < -0.3 is 10.6 Å². The molecule has 0 aliphatic rings. The third kappa shape index (κ3) is 4.78. The standard InChI is InChI=1S/C14H12F3N3O2S/c1-8(21)19-13-20-11(7-23-13)12(22)18-6-9-2-4-10(5-3-9)14(15,16)17/h2-5,7H,6H2,1H3,(H,18,22)(H,19,20,21). The molecule has 1 aromatic carbocycles. The number of alkyl halides is 3. The number of benzene rings is 1. The molecular formula is C14H12F3N3O2S. The van der Waals surface area contributed by atoms with Gasteiger partial charge in [-0.25, -0.2) is 4.98 Å². The molecule has 23 heavy (non-hydrogen) atoms. The van der Waals surface area contributed by atoms with E-state index in [1.807, 2.05) is 0 Å². The quantitative estimate of drug-likeness (QED) is 0.896. The Hall–Kier alpha value is -2.42. The zero-order valence-corrected chi connectivity index (χ0v) is 12.7. The number of rotatable bonds is 4. The van der Waals surface area contributed by atoms with Crippen molar-refractivity contribution >= 4 is 28.3 Å². The SMILES string of the molecule is CC(=O)Nc1nc(C(=O)NCc2ccc(C(F)(F)F)cc2)cs1. The molecule has 0 fully saturated rings. The summed E-state index contributed by atoms with van der Waals surface area (Å²) in [5.74, 6) is -0.770. The van der Waals surface area contributed by atoms with Crippen LogP contribution in [0.5, 0.6) is 0 Å². The number of aromatic nitrogens is 1. The molecule has 0 unspecified atom stereocenters. The second-order valence-electron chi connectivity index (χ2n) is 4.60. The summed E-state index contributed by atoms with van der Waals surface area (Å²) in [6, 6.07) is 4.51. The highest BCUT2D eigenvalue weighted by atomic mass is 32.1. The Labute approximate surface area is 133 Å². The lowest BCUT2D eigenvalue weighted by Crippen LogP contribution is -2.23. The molecule has 2 rings (SSSR count). The molecule has 0 bridgehead atoms. The molecule has 0 radical (unpaired) electrons. The average Bonchev–Trinajstić information content (AvgIpc) is 2.92. The topological polar surface area (TPSA) is 71.1 Å². The lowest BCUT2D eigenvalue weighted by molar-refractivity contribution is -0.137. The molecule has 1 heterocycles. The Bertz CT molecular complexity index is 711. The van der Waals surface area contributed by atoms with Gasteiger partial charge in [0.1, 0.15) is 5.69 Å². The molecule has 1 aromatic heterocycles. The highest BCUT2D eigenvalue weighted by Crippen LogP contribution is 2.29. The van der Waals surface area contributed by atoms with Crippen LogP contribution in [0, 0.1) is 0 Å². The first-order chi connectivity index (χ1) is 10.8. The lowest BCUT2D eigenvalue weighted by Gasteiger charge is -2.08. The van der Waals surface area contributed by atoms with E-state index < -0.39 is 17.6 Å². The Balaban J connectivity index is 1.94. The van der Waals surface area contributed by atoms with Crippen LogP contribution in [0.1, 0.15) is 28.5 Å². The first-order valence-electron chi connectivity index (χ1n) is 6.43. The van der Waals surface area contributed by atoms with Crippen LogP contribution in [0.25, 0.3) is 0 Å². The maximum atomic E-state index is 12.4. The number of amides is 2. The van der Waals surface area contributed by atoms with Crippen molar-refractivity contribution in [2.45, 2.75) is 19.6 Å². The normalized spacial score (nSPS) is 11.1. The van der Waals surface area contributed by atoms with E-state index in [4.69, 9.17) is 0 Å². The fraction of sp³-hybridized carbons (Fsp3) is 0.214. The molecule has 0 aliphatic carbocycles. The van der Waals surface area contributed by atoms with Gasteiger partial charge in [0.05, 0.1) is 5.56 Å². The summed E-state index contributed by atoms with van der Waals surface area (Å²) in [4.78, 5) is 26.7. The van der Waals surface area contributed by atoms with E-state index in [0.29, 0.717) is 10.7 Å². The summed E-state index contributed by atoms with van der Waals surface area (Å²) in [6.07, 6.45) is -4.39. The summed E-state index contributed by atoms with van der Waals surface area (Å²) in [7, 11) is 0. The first-order valence-corrected chi connectivity index (χ1v) is 7.31. The van der Waals surface area contributed by atoms with Gasteiger partial charge >= 0.3 is 6.18 Å². The number of halogens is 3. The van der Waals surface area contributed by atoms with Gasteiger partial charge in [0.15, 0.2) is 5.13 Å². The fourth-order valence-corrected chi connectivity index (χ4v) is 2.41. The Morgan fingerprint density at radius 3 is 2.43 bits per heavy atom. The van der Waals surface area contributed by atoms with E-state index in [-0.39, 0.29) is 18.1 Å². The number of nitrogens with one attached hydrogen (secondary N) is 2. The van der Waals surface area contributed by atoms with Crippen molar-refractivity contribution in [3.63, 3.8) is 0 Å². The minimum absolute atomic E-state index is 0.0734. The highest BCUT2D eigenvalue weighted by molar-refractivity contribution is 7.14. The lowest BCUT2D eigenvalue weighted by atomic mass is 10.1. The number of anilines is 1. The molecular weight excluding hydrogens is 331 g/mol. The molecule has 122 valence electrons. The minimum atomic E-state index is -4.39. The summed E-state index contributed by atoms with van der Waals surface area (Å²) >= 11 is 1.10. The van der Waals surface area contributed by atoms with Gasteiger partial charge in [-0.1, -0.05) is 12.1 Å². The largest absolute Gasteiger partial charge is 0.416 e. The van der Waals surface area contributed by atoms with Gasteiger partial charge in [-0.3, -0.25) is 9.59 Å². The van der Waals surface area contributed by atoms with Gasteiger partial charge in [-0.05, 0) is 17.7 Å². The van der Waals surface area contributed by atoms with E-state index in [1.165, 1.54) is 24.4 Å². The van der Waals surface area contributed by atoms with Crippen LogP contribution in [0.4, 0.5) is 18.3 Å². The molecule has 2 N–H and O–H groups in total. The predicted octanol–water partition coefficient (Wildman–Crippen LogP) is 3.05. The summed E-state index contributed by atoms with van der Waals surface area (Å²) < 4.78 is 37.3. The van der Waals surface area contributed by atoms with Crippen molar-refractivity contribution in [2.75, 3.05) is 5.32 Å². The molecule has 5 nitrogen and oxygen atoms in total. The molecule has 0 saturated carbocycles.